The highest BCUT2D eigenvalue weighted by molar-refractivity contribution is 8.55. The standard InChI is InChI=1S/C11H15N2O6PS/c1-6-4-13(11(15)12-10(6)14)9-3-8-7(19-9)5-18-20(16,17-2)21-8/h4,7-9H,3,5H2,1-2H3,(H,12,14,15)/t7-,8+,9-,20+/m1/s1. The van der Waals surface area contributed by atoms with Gasteiger partial charge in [0, 0.05) is 30.5 Å². The molecule has 3 heterocycles. The predicted octanol–water partition coefficient (Wildman–Crippen LogP) is 1.02. The lowest BCUT2D eigenvalue weighted by Crippen LogP contribution is -2.33. The minimum atomic E-state index is -3.12. The van der Waals surface area contributed by atoms with E-state index in [4.69, 9.17) is 13.8 Å². The van der Waals surface area contributed by atoms with Crippen LogP contribution in [-0.2, 0) is 18.3 Å². The summed E-state index contributed by atoms with van der Waals surface area (Å²) in [6.45, 7) is -1.34. The number of hydrogen-bond acceptors (Lipinski definition) is 7. The number of ether oxygens (including phenoxy) is 1. The second-order valence-corrected chi connectivity index (χ2v) is 9.22. The molecule has 1 aromatic rings. The molecule has 0 radical (unpaired) electrons. The van der Waals surface area contributed by atoms with Crippen molar-refractivity contribution in [1.82, 2.24) is 9.55 Å². The van der Waals surface area contributed by atoms with Crippen molar-refractivity contribution in [2.24, 2.45) is 0 Å². The molecule has 0 saturated carbocycles. The fourth-order valence-corrected chi connectivity index (χ4v) is 6.12. The van der Waals surface area contributed by atoms with Gasteiger partial charge in [-0.25, -0.2) is 9.36 Å². The second-order valence-electron chi connectivity index (χ2n) is 4.91. The first-order chi connectivity index (χ1) is 9.92. The molecule has 1 N–H and O–H groups in total. The Labute approximate surface area is 124 Å². The Morgan fingerprint density at radius 1 is 1.52 bits per heavy atom. The van der Waals surface area contributed by atoms with Crippen LogP contribution in [0.1, 0.15) is 18.2 Å². The molecule has 0 spiro atoms. The van der Waals surface area contributed by atoms with E-state index in [1.165, 1.54) is 17.9 Å². The van der Waals surface area contributed by atoms with Crippen molar-refractivity contribution in [3.05, 3.63) is 32.6 Å². The minimum absolute atomic E-state index is 0.0753. The molecule has 21 heavy (non-hydrogen) atoms. The molecule has 2 saturated heterocycles. The summed E-state index contributed by atoms with van der Waals surface area (Å²) in [5, 5.41) is -0.0753. The van der Waals surface area contributed by atoms with E-state index in [1.54, 1.807) is 6.92 Å². The molecule has 0 bridgehead atoms. The lowest BCUT2D eigenvalue weighted by Gasteiger charge is -2.28. The van der Waals surface area contributed by atoms with Crippen LogP contribution in [0.4, 0.5) is 0 Å². The van der Waals surface area contributed by atoms with Crippen molar-refractivity contribution in [2.45, 2.75) is 30.9 Å². The van der Waals surface area contributed by atoms with Gasteiger partial charge in [0.05, 0.1) is 12.7 Å². The quantitative estimate of drug-likeness (QED) is 0.806. The lowest BCUT2D eigenvalue weighted by molar-refractivity contribution is -0.0216. The number of H-pyrrole nitrogens is 1. The minimum Gasteiger partial charge on any atom is -0.351 e. The maximum atomic E-state index is 12.1. The number of nitrogens with zero attached hydrogens (tertiary/aromatic N) is 1. The summed E-state index contributed by atoms with van der Waals surface area (Å²) in [6, 6.07) is 0. The van der Waals surface area contributed by atoms with Crippen LogP contribution in [0, 0.1) is 6.92 Å². The third-order valence-corrected chi connectivity index (χ3v) is 7.81. The van der Waals surface area contributed by atoms with Crippen LogP contribution in [0.3, 0.4) is 0 Å². The molecule has 2 aliphatic heterocycles. The maximum Gasteiger partial charge on any atom is 0.389 e. The van der Waals surface area contributed by atoms with E-state index in [2.05, 4.69) is 4.98 Å². The number of rotatable bonds is 2. The predicted molar refractivity (Wildman–Crippen MR) is 76.5 cm³/mol. The van der Waals surface area contributed by atoms with Gasteiger partial charge in [-0.15, -0.1) is 0 Å². The van der Waals surface area contributed by atoms with Gasteiger partial charge in [-0.2, -0.15) is 0 Å². The Morgan fingerprint density at radius 2 is 2.29 bits per heavy atom. The number of fused-ring (bicyclic) bond motifs is 1. The van der Waals surface area contributed by atoms with E-state index in [9.17, 15) is 14.2 Å². The summed E-state index contributed by atoms with van der Waals surface area (Å²) in [7, 11) is 1.34. The molecule has 1 aromatic heterocycles. The van der Waals surface area contributed by atoms with Crippen molar-refractivity contribution >= 4 is 18.2 Å². The zero-order valence-electron chi connectivity index (χ0n) is 11.5. The molecule has 4 atom stereocenters. The second kappa shape index (κ2) is 5.40. The number of hydrogen-bond donors (Lipinski definition) is 1. The summed E-state index contributed by atoms with van der Waals surface area (Å²) in [5.41, 5.74) is -0.497. The normalized spacial score (nSPS) is 35.6. The maximum absolute atomic E-state index is 12.1. The van der Waals surface area contributed by atoms with E-state index in [-0.39, 0.29) is 18.0 Å². The average Bonchev–Trinajstić information content (AvgIpc) is 2.85. The fourth-order valence-electron chi connectivity index (χ4n) is 2.39. The number of aromatic nitrogens is 2. The van der Waals surface area contributed by atoms with Crippen LogP contribution in [-0.4, -0.2) is 34.6 Å². The molecule has 3 rings (SSSR count). The highest BCUT2D eigenvalue weighted by Crippen LogP contribution is 2.67. The average molecular weight is 334 g/mol. The molecule has 0 aliphatic carbocycles. The highest BCUT2D eigenvalue weighted by atomic mass is 32.7. The Hall–Kier alpha value is -0.860. The molecule has 116 valence electrons. The van der Waals surface area contributed by atoms with E-state index in [0.717, 1.165) is 11.4 Å². The number of aryl methyl sites for hydroxylation is 1. The zero-order valence-corrected chi connectivity index (χ0v) is 13.2. The van der Waals surface area contributed by atoms with Gasteiger partial charge in [0.15, 0.2) is 0 Å². The zero-order chi connectivity index (χ0) is 15.2. The van der Waals surface area contributed by atoms with Crippen molar-refractivity contribution < 1.29 is 18.3 Å². The van der Waals surface area contributed by atoms with Gasteiger partial charge in [-0.3, -0.25) is 18.9 Å². The van der Waals surface area contributed by atoms with Crippen LogP contribution in [0.25, 0.3) is 0 Å². The third-order valence-electron chi connectivity index (χ3n) is 3.52. The van der Waals surface area contributed by atoms with Gasteiger partial charge in [0.1, 0.15) is 6.23 Å². The van der Waals surface area contributed by atoms with E-state index in [1.807, 2.05) is 0 Å². The smallest absolute Gasteiger partial charge is 0.351 e. The molecule has 0 aromatic carbocycles. The van der Waals surface area contributed by atoms with E-state index in [0.29, 0.717) is 12.0 Å². The first kappa shape index (κ1) is 15.1. The van der Waals surface area contributed by atoms with Crippen molar-refractivity contribution in [1.29, 1.82) is 0 Å². The Balaban J connectivity index is 1.85. The van der Waals surface area contributed by atoms with Gasteiger partial charge in [0.25, 0.3) is 5.56 Å². The van der Waals surface area contributed by atoms with Gasteiger partial charge in [-0.1, -0.05) is 0 Å². The number of aromatic amines is 1. The summed E-state index contributed by atoms with van der Waals surface area (Å²) in [4.78, 5) is 25.5. The fraction of sp³-hybridized carbons (Fsp3) is 0.636. The van der Waals surface area contributed by atoms with Crippen LogP contribution in [0.2, 0.25) is 0 Å². The van der Waals surface area contributed by atoms with Crippen molar-refractivity contribution in [2.75, 3.05) is 13.7 Å². The SMILES string of the molecule is CO[P@@]1(=O)OC[C@H]2O[C@@H](n3cc(C)c(=O)[nH]c3=O)C[C@@H]2S1. The Morgan fingerprint density at radius 3 is 3.00 bits per heavy atom. The van der Waals surface area contributed by atoms with Crippen molar-refractivity contribution in [3.63, 3.8) is 0 Å². The summed E-state index contributed by atoms with van der Waals surface area (Å²) < 4.78 is 29.4. The molecule has 10 heteroatoms. The molecular weight excluding hydrogens is 319 g/mol. The first-order valence-electron chi connectivity index (χ1n) is 6.38. The number of nitrogens with one attached hydrogen (secondary N) is 1. The monoisotopic (exact) mass is 334 g/mol. The Bertz CT molecular complexity index is 715. The molecule has 0 amide bonds. The van der Waals surface area contributed by atoms with Gasteiger partial charge in [0.2, 0.25) is 0 Å². The van der Waals surface area contributed by atoms with Crippen molar-refractivity contribution in [3.8, 4) is 0 Å². The summed E-state index contributed by atoms with van der Waals surface area (Å²) in [6.07, 6.45) is 1.21. The molecule has 2 fully saturated rings. The largest absolute Gasteiger partial charge is 0.389 e. The van der Waals surface area contributed by atoms with Crippen LogP contribution in [0.15, 0.2) is 15.8 Å². The highest BCUT2D eigenvalue weighted by Gasteiger charge is 2.47. The van der Waals surface area contributed by atoms with Gasteiger partial charge in [-0.05, 0) is 18.3 Å². The summed E-state index contributed by atoms with van der Waals surface area (Å²) in [5.74, 6) is 0. The van der Waals surface area contributed by atoms with Gasteiger partial charge < -0.3 is 9.26 Å². The third kappa shape index (κ3) is 2.76. The van der Waals surface area contributed by atoms with E-state index < -0.39 is 24.3 Å². The van der Waals surface area contributed by atoms with Crippen LogP contribution < -0.4 is 11.2 Å². The van der Waals surface area contributed by atoms with Crippen LogP contribution >= 0.6 is 18.2 Å². The lowest BCUT2D eigenvalue weighted by atomic mass is 10.2. The summed E-state index contributed by atoms with van der Waals surface area (Å²) >= 11 is 1.11. The van der Waals surface area contributed by atoms with E-state index >= 15 is 0 Å². The molecule has 8 nitrogen and oxygen atoms in total. The molecular formula is C11H15N2O6PS. The first-order valence-corrected chi connectivity index (χ1v) is 9.41. The molecule has 2 aliphatic rings. The molecule has 0 unspecified atom stereocenters. The Kier molecular flexibility index (Phi) is 3.87. The van der Waals surface area contributed by atoms with Crippen LogP contribution in [0.5, 0.6) is 0 Å². The van der Waals surface area contributed by atoms with Gasteiger partial charge >= 0.3 is 12.5 Å². The topological polar surface area (TPSA) is 99.6 Å².